The second-order valence-electron chi connectivity index (χ2n) is 2.11. The Bertz CT molecular complexity index is 358. The molecule has 1 aromatic carbocycles. The average molecular weight is 251 g/mol. The van der Waals surface area contributed by atoms with Crippen LogP contribution in [0.1, 0.15) is 0 Å². The van der Waals surface area contributed by atoms with E-state index in [0.717, 1.165) is 12.1 Å². The largest absolute Gasteiger partial charge is 0.403 e. The minimum Gasteiger partial charge on any atom is -0.403 e. The molecular weight excluding hydrogens is 247 g/mol. The van der Waals surface area contributed by atoms with E-state index in [-0.39, 0.29) is 10.2 Å². The van der Waals surface area contributed by atoms with E-state index in [1.165, 1.54) is 0 Å². The van der Waals surface area contributed by atoms with Crippen molar-refractivity contribution in [1.29, 1.82) is 0 Å². The van der Waals surface area contributed by atoms with E-state index < -0.39 is 16.4 Å². The van der Waals surface area contributed by atoms with Gasteiger partial charge in [0.25, 0.3) is 0 Å². The molecule has 0 bridgehead atoms. The molecule has 1 aromatic rings. The molecule has 0 amide bonds. The van der Waals surface area contributed by atoms with Crippen LogP contribution in [0.3, 0.4) is 0 Å². The molecule has 0 saturated heterocycles. The lowest BCUT2D eigenvalue weighted by Crippen LogP contribution is -2.05. The zero-order valence-electron chi connectivity index (χ0n) is 6.16. The Labute approximate surface area is 80.5 Å². The molecule has 0 heterocycles. The van der Waals surface area contributed by atoms with Crippen LogP contribution in [0.4, 0.5) is 10.1 Å². The van der Waals surface area contributed by atoms with Crippen LogP contribution in [0, 0.1) is 15.9 Å². The maximum atomic E-state index is 12.7. The summed E-state index contributed by atoms with van der Waals surface area (Å²) in [6.07, 6.45) is 0. The SMILES string of the molecule is NOc1c(Br)cc(F)cc1[N+](=O)[O-]. The summed E-state index contributed by atoms with van der Waals surface area (Å²) in [7, 11) is 0. The Morgan fingerprint density at radius 2 is 2.23 bits per heavy atom. The summed E-state index contributed by atoms with van der Waals surface area (Å²) in [4.78, 5) is 13.8. The molecule has 0 unspecified atom stereocenters. The van der Waals surface area contributed by atoms with E-state index >= 15 is 0 Å². The maximum absolute atomic E-state index is 12.7. The summed E-state index contributed by atoms with van der Waals surface area (Å²) in [6.45, 7) is 0. The monoisotopic (exact) mass is 250 g/mol. The lowest BCUT2D eigenvalue weighted by Gasteiger charge is -2.02. The van der Waals surface area contributed by atoms with Gasteiger partial charge in [-0.1, -0.05) is 0 Å². The number of hydrogen-bond acceptors (Lipinski definition) is 4. The molecule has 0 aliphatic carbocycles. The number of hydrogen-bond donors (Lipinski definition) is 1. The van der Waals surface area contributed by atoms with Crippen molar-refractivity contribution >= 4 is 21.6 Å². The van der Waals surface area contributed by atoms with Crippen molar-refractivity contribution in [3.63, 3.8) is 0 Å². The fourth-order valence-electron chi connectivity index (χ4n) is 0.799. The van der Waals surface area contributed by atoms with Gasteiger partial charge in [0.15, 0.2) is 0 Å². The zero-order valence-corrected chi connectivity index (χ0v) is 7.75. The van der Waals surface area contributed by atoms with Gasteiger partial charge in [-0.15, -0.1) is 0 Å². The van der Waals surface area contributed by atoms with E-state index in [1.54, 1.807) is 0 Å². The standard InChI is InChI=1S/C6H4BrFN2O3/c7-4-1-3(8)2-5(10(11)12)6(4)13-9/h1-2H,9H2. The third kappa shape index (κ3) is 1.93. The summed E-state index contributed by atoms with van der Waals surface area (Å²) < 4.78 is 12.8. The average Bonchev–Trinajstić information content (AvgIpc) is 2.02. The first kappa shape index (κ1) is 9.87. The van der Waals surface area contributed by atoms with Crippen LogP contribution in [0.5, 0.6) is 5.75 Å². The maximum Gasteiger partial charge on any atom is 0.317 e. The third-order valence-corrected chi connectivity index (χ3v) is 1.89. The quantitative estimate of drug-likeness (QED) is 0.641. The fourth-order valence-corrected chi connectivity index (χ4v) is 1.31. The van der Waals surface area contributed by atoms with E-state index in [4.69, 9.17) is 5.90 Å². The molecule has 7 heteroatoms. The first-order valence-corrected chi connectivity index (χ1v) is 3.85. The van der Waals surface area contributed by atoms with Crippen molar-refractivity contribution in [2.45, 2.75) is 0 Å². The van der Waals surface area contributed by atoms with Crippen LogP contribution in [0.2, 0.25) is 0 Å². The number of benzene rings is 1. The van der Waals surface area contributed by atoms with E-state index in [1.807, 2.05) is 0 Å². The van der Waals surface area contributed by atoms with Gasteiger partial charge in [-0.05, 0) is 22.0 Å². The molecule has 1 rings (SSSR count). The van der Waals surface area contributed by atoms with Gasteiger partial charge in [-0.2, -0.15) is 5.90 Å². The van der Waals surface area contributed by atoms with Gasteiger partial charge in [0.2, 0.25) is 5.75 Å². The molecule has 0 radical (unpaired) electrons. The Morgan fingerprint density at radius 1 is 1.62 bits per heavy atom. The molecule has 5 nitrogen and oxygen atoms in total. The lowest BCUT2D eigenvalue weighted by molar-refractivity contribution is -0.386. The lowest BCUT2D eigenvalue weighted by atomic mass is 10.3. The highest BCUT2D eigenvalue weighted by atomic mass is 79.9. The topological polar surface area (TPSA) is 78.4 Å². The number of nitro benzene ring substituents is 1. The van der Waals surface area contributed by atoms with Crippen LogP contribution in [-0.4, -0.2) is 4.92 Å². The second kappa shape index (κ2) is 3.67. The normalized spacial score (nSPS) is 9.77. The Morgan fingerprint density at radius 3 is 2.69 bits per heavy atom. The minimum absolute atomic E-state index is 0.0988. The zero-order chi connectivity index (χ0) is 10.0. The van der Waals surface area contributed by atoms with Gasteiger partial charge < -0.3 is 4.84 Å². The van der Waals surface area contributed by atoms with Crippen molar-refractivity contribution in [2.24, 2.45) is 5.90 Å². The summed E-state index contributed by atoms with van der Waals surface area (Å²) in [6, 6.07) is 1.75. The molecule has 0 spiro atoms. The summed E-state index contributed by atoms with van der Waals surface area (Å²) in [5.41, 5.74) is -0.519. The molecule has 0 fully saturated rings. The van der Waals surface area contributed by atoms with Crippen LogP contribution in [0.25, 0.3) is 0 Å². The van der Waals surface area contributed by atoms with Crippen molar-refractivity contribution in [1.82, 2.24) is 0 Å². The smallest absolute Gasteiger partial charge is 0.317 e. The molecule has 70 valence electrons. The fraction of sp³-hybridized carbons (Fsp3) is 0. The van der Waals surface area contributed by atoms with Crippen LogP contribution < -0.4 is 10.7 Å². The number of nitro groups is 1. The predicted molar refractivity (Wildman–Crippen MR) is 45.6 cm³/mol. The highest BCUT2D eigenvalue weighted by Crippen LogP contribution is 2.34. The van der Waals surface area contributed by atoms with Crippen molar-refractivity contribution < 1.29 is 14.2 Å². The number of nitrogens with two attached hydrogens (primary N) is 1. The Hall–Kier alpha value is -1.21. The predicted octanol–water partition coefficient (Wildman–Crippen LogP) is 1.75. The minimum atomic E-state index is -0.782. The van der Waals surface area contributed by atoms with Gasteiger partial charge in [0, 0.05) is 0 Å². The highest BCUT2D eigenvalue weighted by Gasteiger charge is 2.20. The van der Waals surface area contributed by atoms with E-state index in [0.29, 0.717) is 0 Å². The molecule has 0 aromatic heterocycles. The Balaban J connectivity index is 3.38. The molecular formula is C6H4BrFN2O3. The summed E-state index contributed by atoms with van der Waals surface area (Å²) in [5.74, 6) is 3.84. The molecule has 2 N–H and O–H groups in total. The summed E-state index contributed by atoms with van der Waals surface area (Å²) in [5, 5.41) is 10.4. The van der Waals surface area contributed by atoms with Gasteiger partial charge in [0.1, 0.15) is 5.82 Å². The van der Waals surface area contributed by atoms with Gasteiger partial charge in [0.05, 0.1) is 15.5 Å². The molecule has 13 heavy (non-hydrogen) atoms. The van der Waals surface area contributed by atoms with Crippen molar-refractivity contribution in [3.05, 3.63) is 32.5 Å². The first-order valence-electron chi connectivity index (χ1n) is 3.06. The number of halogens is 2. The molecule has 0 aliphatic heterocycles. The number of nitrogens with zero attached hydrogens (tertiary/aromatic N) is 1. The van der Waals surface area contributed by atoms with E-state index in [9.17, 15) is 14.5 Å². The van der Waals surface area contributed by atoms with Crippen LogP contribution in [-0.2, 0) is 0 Å². The van der Waals surface area contributed by atoms with Gasteiger partial charge in [-0.3, -0.25) is 10.1 Å². The third-order valence-electron chi connectivity index (χ3n) is 1.30. The Kier molecular flexibility index (Phi) is 2.79. The van der Waals surface area contributed by atoms with E-state index in [2.05, 4.69) is 20.8 Å². The summed E-state index contributed by atoms with van der Waals surface area (Å²) >= 11 is 2.88. The molecule has 0 saturated carbocycles. The van der Waals surface area contributed by atoms with Crippen LogP contribution in [0.15, 0.2) is 16.6 Å². The second-order valence-corrected chi connectivity index (χ2v) is 2.97. The van der Waals surface area contributed by atoms with Crippen LogP contribution >= 0.6 is 15.9 Å². The van der Waals surface area contributed by atoms with Gasteiger partial charge in [-0.25, -0.2) is 4.39 Å². The van der Waals surface area contributed by atoms with Gasteiger partial charge >= 0.3 is 5.69 Å². The van der Waals surface area contributed by atoms with Crippen molar-refractivity contribution in [3.8, 4) is 5.75 Å². The first-order chi connectivity index (χ1) is 6.06. The van der Waals surface area contributed by atoms with Crippen molar-refractivity contribution in [2.75, 3.05) is 0 Å². The highest BCUT2D eigenvalue weighted by molar-refractivity contribution is 9.10. The molecule has 0 atom stereocenters. The number of rotatable bonds is 2. The molecule has 0 aliphatic rings.